The summed E-state index contributed by atoms with van der Waals surface area (Å²) in [7, 11) is 0. The van der Waals surface area contributed by atoms with Crippen molar-refractivity contribution in [3.8, 4) is 46.0 Å². The molecule has 6 heterocycles. The van der Waals surface area contributed by atoms with E-state index >= 15 is 0 Å². The van der Waals surface area contributed by atoms with Crippen molar-refractivity contribution < 1.29 is 39.5 Å². The molecule has 13 rings (SSSR count). The fraction of sp³-hybridized carbons (Fsp3) is 0.0370. The fourth-order valence-corrected chi connectivity index (χ4v) is 10.5. The zero-order valence-electron chi connectivity index (χ0n) is 35.3. The third-order valence-electron chi connectivity index (χ3n) is 13.3. The van der Waals surface area contributed by atoms with Crippen LogP contribution in [0.5, 0.6) is 46.0 Å². The lowest BCUT2D eigenvalue weighted by Crippen LogP contribution is -2.44. The summed E-state index contributed by atoms with van der Waals surface area (Å²) in [4.78, 5) is 38.7. The molecule has 0 radical (unpaired) electrons. The number of aromatic hydroxyl groups is 4. The second kappa shape index (κ2) is 14.0. The molecule has 7 aromatic carbocycles. The normalized spacial score (nSPS) is 15.6. The van der Waals surface area contributed by atoms with E-state index in [4.69, 9.17) is 29.6 Å². The molecule has 68 heavy (non-hydrogen) atoms. The molecule has 9 aromatic rings. The third kappa shape index (κ3) is 5.16. The number of nitrogens with zero attached hydrogens (tertiary/aromatic N) is 6. The first kappa shape index (κ1) is 38.9. The van der Waals surface area contributed by atoms with Gasteiger partial charge in [0.25, 0.3) is 11.8 Å². The Morgan fingerprint density at radius 2 is 0.794 bits per heavy atom. The second-order valence-corrected chi connectivity index (χ2v) is 16.8. The van der Waals surface area contributed by atoms with Crippen LogP contribution in [0.2, 0.25) is 0 Å². The van der Waals surface area contributed by atoms with Gasteiger partial charge in [0.05, 0.1) is 23.5 Å². The van der Waals surface area contributed by atoms with Gasteiger partial charge in [-0.3, -0.25) is 19.6 Å². The monoisotopic (exact) mass is 892 g/mol. The van der Waals surface area contributed by atoms with Gasteiger partial charge in [-0.1, -0.05) is 48.5 Å². The van der Waals surface area contributed by atoms with Gasteiger partial charge in [0.1, 0.15) is 57.1 Å². The number of aromatic nitrogens is 2. The third-order valence-corrected chi connectivity index (χ3v) is 13.3. The molecule has 0 saturated heterocycles. The number of rotatable bonds is 4. The number of carbonyl (C=O) groups excluding carboxylic acids is 2. The highest BCUT2D eigenvalue weighted by atomic mass is 16.5. The molecule has 0 bridgehead atoms. The summed E-state index contributed by atoms with van der Waals surface area (Å²) in [6, 6.07) is 40.9. The van der Waals surface area contributed by atoms with E-state index in [1.807, 2.05) is 36.4 Å². The van der Waals surface area contributed by atoms with Crippen molar-refractivity contribution >= 4 is 46.0 Å². The van der Waals surface area contributed by atoms with Crippen LogP contribution in [0.1, 0.15) is 65.2 Å². The molecule has 0 aliphatic carbocycles. The number of hydrazone groups is 2. The first-order valence-electron chi connectivity index (χ1n) is 21.5. The van der Waals surface area contributed by atoms with Crippen molar-refractivity contribution in [2.75, 3.05) is 0 Å². The molecule has 4 N–H and O–H groups in total. The molecule has 14 nitrogen and oxygen atoms in total. The van der Waals surface area contributed by atoms with Gasteiger partial charge < -0.3 is 29.9 Å². The number of phenolic OH excluding ortho intramolecular Hbond substituents is 4. The first-order chi connectivity index (χ1) is 33.2. The summed E-state index contributed by atoms with van der Waals surface area (Å²) >= 11 is 0. The average Bonchev–Trinajstić information content (AvgIpc) is 3.73. The Morgan fingerprint density at radius 3 is 1.16 bits per heavy atom. The molecule has 0 unspecified atom stereocenters. The van der Waals surface area contributed by atoms with Crippen LogP contribution in [0.25, 0.3) is 21.8 Å². The highest BCUT2D eigenvalue weighted by Gasteiger charge is 2.58. The Hall–Kier alpha value is -9.56. The Labute approximate surface area is 385 Å². The number of hydrogen-bond donors (Lipinski definition) is 4. The lowest BCUT2D eigenvalue weighted by atomic mass is 9.75. The van der Waals surface area contributed by atoms with E-state index in [1.54, 1.807) is 85.5 Å². The van der Waals surface area contributed by atoms with Gasteiger partial charge in [-0.25, -0.2) is 10.0 Å². The molecule has 4 aliphatic heterocycles. The quantitative estimate of drug-likeness (QED) is 0.0978. The Kier molecular flexibility index (Phi) is 7.98. The largest absolute Gasteiger partial charge is 0.508 e. The van der Waals surface area contributed by atoms with E-state index in [9.17, 15) is 30.0 Å². The molecular formula is C54H32N6O8. The summed E-state index contributed by atoms with van der Waals surface area (Å²) in [6.45, 7) is 0. The molecule has 4 aliphatic rings. The van der Waals surface area contributed by atoms with E-state index in [1.165, 1.54) is 58.5 Å². The maximum atomic E-state index is 14.6. The van der Waals surface area contributed by atoms with E-state index in [0.29, 0.717) is 100 Å². The Bertz CT molecular complexity index is 3450. The zero-order chi connectivity index (χ0) is 46.1. The molecule has 2 spiro atoms. The van der Waals surface area contributed by atoms with Crippen LogP contribution in [0, 0.1) is 0 Å². The molecule has 0 atom stereocenters. The minimum Gasteiger partial charge on any atom is -0.508 e. The molecule has 2 amide bonds. The van der Waals surface area contributed by atoms with Gasteiger partial charge in [-0.05, 0) is 72.8 Å². The highest BCUT2D eigenvalue weighted by Crippen LogP contribution is 2.60. The molecule has 14 heteroatoms. The molecule has 0 fully saturated rings. The molecule has 0 saturated carbocycles. The van der Waals surface area contributed by atoms with Crippen LogP contribution in [0.15, 0.2) is 168 Å². The van der Waals surface area contributed by atoms with Gasteiger partial charge in [0.15, 0.2) is 0 Å². The Balaban J connectivity index is 0.931. The van der Waals surface area contributed by atoms with E-state index in [2.05, 4.69) is 0 Å². The van der Waals surface area contributed by atoms with Crippen LogP contribution in [-0.4, -0.2) is 64.7 Å². The lowest BCUT2D eigenvalue weighted by molar-refractivity contribution is 0.0667. The number of phenols is 4. The average molecular weight is 893 g/mol. The van der Waals surface area contributed by atoms with E-state index < -0.39 is 11.1 Å². The number of benzene rings is 7. The van der Waals surface area contributed by atoms with Gasteiger partial charge in [-0.15, -0.1) is 0 Å². The lowest BCUT2D eigenvalue weighted by Gasteiger charge is -2.41. The van der Waals surface area contributed by atoms with Gasteiger partial charge in [0, 0.05) is 103 Å². The predicted octanol–water partition coefficient (Wildman–Crippen LogP) is 9.38. The number of ether oxygens (including phenoxy) is 2. The van der Waals surface area contributed by atoms with E-state index in [0.717, 1.165) is 0 Å². The second-order valence-electron chi connectivity index (χ2n) is 16.8. The summed E-state index contributed by atoms with van der Waals surface area (Å²) in [6.07, 6.45) is 6.51. The summed E-state index contributed by atoms with van der Waals surface area (Å²) in [5.41, 5.74) is 4.16. The van der Waals surface area contributed by atoms with E-state index in [-0.39, 0.29) is 34.8 Å². The predicted molar refractivity (Wildman–Crippen MR) is 250 cm³/mol. The van der Waals surface area contributed by atoms with Gasteiger partial charge in [-0.2, -0.15) is 10.2 Å². The smallest absolute Gasteiger partial charge is 0.275 e. The number of pyridine rings is 2. The minimum absolute atomic E-state index is 0.0348. The van der Waals surface area contributed by atoms with Crippen molar-refractivity contribution in [1.82, 2.24) is 20.0 Å². The van der Waals surface area contributed by atoms with Gasteiger partial charge in [0.2, 0.25) is 0 Å². The van der Waals surface area contributed by atoms with Crippen molar-refractivity contribution in [2.45, 2.75) is 11.1 Å². The van der Waals surface area contributed by atoms with Crippen molar-refractivity contribution in [2.24, 2.45) is 10.2 Å². The van der Waals surface area contributed by atoms with Crippen LogP contribution in [-0.2, 0) is 11.1 Å². The summed E-state index contributed by atoms with van der Waals surface area (Å²) in [5, 5.41) is 56.4. The number of amides is 2. The Morgan fingerprint density at radius 1 is 0.441 bits per heavy atom. The standard InChI is InChI=1S/C54H32N6O8/c61-31-9-15-41-45(23-31)67-46-24-32(62)10-16-42(46)53(41)39-7-3-1-5-37(39)51(65)59(53)57-27-29-19-21-55-49-35(29)13-14-36-30(20-22-56-50(36)49)28-58-60-52(66)38-6-2-4-8-40(38)54(60)43-17-11-33(63)25-47(43)68-48-26-34(64)12-18-44(48)54/h1-28,61-64H/b57-27+,58-28+. The van der Waals surface area contributed by atoms with Gasteiger partial charge >= 0.3 is 0 Å². The topological polar surface area (TPSA) is 190 Å². The van der Waals surface area contributed by atoms with Crippen LogP contribution in [0.4, 0.5) is 0 Å². The maximum absolute atomic E-state index is 14.6. The molecule has 326 valence electrons. The number of carbonyl (C=O) groups is 2. The number of hydrogen-bond acceptors (Lipinski definition) is 12. The maximum Gasteiger partial charge on any atom is 0.275 e. The first-order valence-corrected chi connectivity index (χ1v) is 21.5. The fourth-order valence-electron chi connectivity index (χ4n) is 10.5. The molecular weight excluding hydrogens is 861 g/mol. The zero-order valence-corrected chi connectivity index (χ0v) is 35.3. The summed E-state index contributed by atoms with van der Waals surface area (Å²) in [5.74, 6) is 0.339. The van der Waals surface area contributed by atoms with Crippen molar-refractivity contribution in [1.29, 1.82) is 0 Å². The van der Waals surface area contributed by atoms with Crippen LogP contribution in [0.3, 0.4) is 0 Å². The minimum atomic E-state index is -1.34. The molecule has 2 aromatic heterocycles. The van der Waals surface area contributed by atoms with Crippen LogP contribution < -0.4 is 9.47 Å². The van der Waals surface area contributed by atoms with Crippen molar-refractivity contribution in [3.63, 3.8) is 0 Å². The van der Waals surface area contributed by atoms with Crippen LogP contribution >= 0.6 is 0 Å². The number of fused-ring (bicyclic) bond motifs is 15. The SMILES string of the molecule is O=C1c2ccccc2C2(c3ccc(O)cc3Oc3cc(O)ccc32)N1/N=C/c1ccnc2c1ccc1c(/C=N/N3C(=O)c4ccccc4C34c3ccc(O)cc3Oc3cc(O)ccc34)ccnc12. The summed E-state index contributed by atoms with van der Waals surface area (Å²) < 4.78 is 12.5. The highest BCUT2D eigenvalue weighted by molar-refractivity contribution is 6.13. The van der Waals surface area contributed by atoms with Crippen molar-refractivity contribution in [3.05, 3.63) is 214 Å².